The third-order valence-corrected chi connectivity index (χ3v) is 4.56. The molecule has 0 amide bonds. The summed E-state index contributed by atoms with van der Waals surface area (Å²) in [6.07, 6.45) is 5.34. The Morgan fingerprint density at radius 3 is 2.70 bits per heavy atom. The van der Waals surface area contributed by atoms with Crippen LogP contribution in [0.3, 0.4) is 0 Å². The van der Waals surface area contributed by atoms with Gasteiger partial charge in [-0.05, 0) is 51.7 Å². The van der Waals surface area contributed by atoms with Crippen LogP contribution in [0.25, 0.3) is 0 Å². The molecule has 1 saturated carbocycles. The normalized spacial score (nSPS) is 19.5. The van der Waals surface area contributed by atoms with Crippen molar-refractivity contribution in [3.05, 3.63) is 36.3 Å². The largest absolute Gasteiger partial charge is 0.494 e. The van der Waals surface area contributed by atoms with Crippen LogP contribution in [0.1, 0.15) is 39.5 Å². The SMILES string of the molecule is CCOc1cccc(Nc2ncc(F)c(NC3CCC(OCC)CC3)n2)c1. The number of hydrogen-bond acceptors (Lipinski definition) is 6. The van der Waals surface area contributed by atoms with E-state index in [-0.39, 0.29) is 11.9 Å². The minimum atomic E-state index is -0.449. The fourth-order valence-corrected chi connectivity index (χ4v) is 3.29. The predicted octanol–water partition coefficient (Wildman–Crippen LogP) is 4.52. The Morgan fingerprint density at radius 2 is 1.96 bits per heavy atom. The van der Waals surface area contributed by atoms with E-state index in [1.807, 2.05) is 38.1 Å². The first-order valence-electron chi connectivity index (χ1n) is 9.58. The molecule has 0 unspecified atom stereocenters. The summed E-state index contributed by atoms with van der Waals surface area (Å²) in [5.41, 5.74) is 0.788. The summed E-state index contributed by atoms with van der Waals surface area (Å²) < 4.78 is 25.3. The maximum atomic E-state index is 14.2. The Hall–Kier alpha value is -2.41. The molecule has 3 rings (SSSR count). The molecule has 1 aromatic heterocycles. The van der Waals surface area contributed by atoms with Crippen LogP contribution in [-0.2, 0) is 4.74 Å². The van der Waals surface area contributed by atoms with Gasteiger partial charge < -0.3 is 20.1 Å². The van der Waals surface area contributed by atoms with Gasteiger partial charge in [0.25, 0.3) is 0 Å². The number of benzene rings is 1. The maximum Gasteiger partial charge on any atom is 0.229 e. The first kappa shape index (κ1) is 19.4. The van der Waals surface area contributed by atoms with Gasteiger partial charge in [0.1, 0.15) is 5.75 Å². The number of nitrogens with one attached hydrogen (secondary N) is 2. The summed E-state index contributed by atoms with van der Waals surface area (Å²) in [5, 5.41) is 6.33. The third kappa shape index (κ3) is 5.53. The number of nitrogens with zero attached hydrogens (tertiary/aromatic N) is 2. The van der Waals surface area contributed by atoms with E-state index in [4.69, 9.17) is 9.47 Å². The maximum absolute atomic E-state index is 14.2. The van der Waals surface area contributed by atoms with Crippen molar-refractivity contribution >= 4 is 17.5 Å². The van der Waals surface area contributed by atoms with Crippen LogP contribution in [0.4, 0.5) is 21.8 Å². The minimum absolute atomic E-state index is 0.195. The number of ether oxygens (including phenoxy) is 2. The predicted molar refractivity (Wildman–Crippen MR) is 104 cm³/mol. The van der Waals surface area contributed by atoms with Crippen LogP contribution >= 0.6 is 0 Å². The Labute approximate surface area is 159 Å². The van der Waals surface area contributed by atoms with Gasteiger partial charge in [0, 0.05) is 24.4 Å². The van der Waals surface area contributed by atoms with E-state index >= 15 is 0 Å². The zero-order valence-electron chi connectivity index (χ0n) is 15.9. The molecular formula is C20H27FN4O2. The Morgan fingerprint density at radius 1 is 1.15 bits per heavy atom. The number of aromatic nitrogens is 2. The highest BCUT2D eigenvalue weighted by Crippen LogP contribution is 2.25. The summed E-state index contributed by atoms with van der Waals surface area (Å²) in [6.45, 7) is 5.28. The van der Waals surface area contributed by atoms with E-state index in [1.54, 1.807) is 0 Å². The number of halogens is 1. The van der Waals surface area contributed by atoms with E-state index in [0.717, 1.165) is 43.7 Å². The average molecular weight is 374 g/mol. The molecule has 27 heavy (non-hydrogen) atoms. The van der Waals surface area contributed by atoms with Gasteiger partial charge in [0.05, 0.1) is 18.9 Å². The molecule has 1 fully saturated rings. The summed E-state index contributed by atoms with van der Waals surface area (Å²) in [4.78, 5) is 8.35. The van der Waals surface area contributed by atoms with E-state index in [9.17, 15) is 4.39 Å². The summed E-state index contributed by atoms with van der Waals surface area (Å²) >= 11 is 0. The van der Waals surface area contributed by atoms with E-state index < -0.39 is 5.82 Å². The third-order valence-electron chi connectivity index (χ3n) is 4.56. The summed E-state index contributed by atoms with van der Waals surface area (Å²) in [5.74, 6) is 0.883. The van der Waals surface area contributed by atoms with E-state index in [0.29, 0.717) is 18.7 Å². The van der Waals surface area contributed by atoms with Crippen LogP contribution in [0.5, 0.6) is 5.75 Å². The highest BCUT2D eigenvalue weighted by Gasteiger charge is 2.22. The molecule has 7 heteroatoms. The lowest BCUT2D eigenvalue weighted by atomic mass is 9.93. The summed E-state index contributed by atoms with van der Waals surface area (Å²) in [7, 11) is 0. The van der Waals surface area contributed by atoms with Gasteiger partial charge in [-0.3, -0.25) is 0 Å². The fourth-order valence-electron chi connectivity index (χ4n) is 3.29. The molecule has 1 aromatic carbocycles. The van der Waals surface area contributed by atoms with Gasteiger partial charge in [-0.2, -0.15) is 4.98 Å². The Balaban J connectivity index is 1.63. The first-order chi connectivity index (χ1) is 13.2. The van der Waals surface area contributed by atoms with Gasteiger partial charge in [0.15, 0.2) is 11.6 Å². The number of anilines is 3. The molecule has 0 saturated heterocycles. The zero-order valence-corrected chi connectivity index (χ0v) is 15.9. The molecule has 2 aromatic rings. The lowest BCUT2D eigenvalue weighted by Gasteiger charge is -2.29. The standard InChI is InChI=1S/C20H27FN4O2/c1-3-26-16-10-8-14(9-11-16)23-19-18(21)13-22-20(25-19)24-15-6-5-7-17(12-15)27-4-2/h5-7,12-14,16H,3-4,8-11H2,1-2H3,(H2,22,23,24,25). The van der Waals surface area contributed by atoms with Crippen molar-refractivity contribution in [2.45, 2.75) is 51.7 Å². The van der Waals surface area contributed by atoms with Gasteiger partial charge >= 0.3 is 0 Å². The average Bonchev–Trinajstić information content (AvgIpc) is 2.67. The molecule has 0 bridgehead atoms. The van der Waals surface area contributed by atoms with Gasteiger partial charge in [-0.15, -0.1) is 0 Å². The molecule has 0 atom stereocenters. The van der Waals surface area contributed by atoms with Crippen LogP contribution in [-0.4, -0.2) is 35.3 Å². The zero-order chi connectivity index (χ0) is 19.1. The van der Waals surface area contributed by atoms with Gasteiger partial charge in [-0.25, -0.2) is 9.37 Å². The smallest absolute Gasteiger partial charge is 0.229 e. The van der Waals surface area contributed by atoms with Crippen LogP contribution in [0.2, 0.25) is 0 Å². The monoisotopic (exact) mass is 374 g/mol. The van der Waals surface area contributed by atoms with Crippen molar-refractivity contribution in [2.24, 2.45) is 0 Å². The highest BCUT2D eigenvalue weighted by atomic mass is 19.1. The highest BCUT2D eigenvalue weighted by molar-refractivity contribution is 5.57. The molecular weight excluding hydrogens is 347 g/mol. The van der Waals surface area contributed by atoms with E-state index in [1.165, 1.54) is 6.20 Å². The first-order valence-corrected chi connectivity index (χ1v) is 9.58. The number of hydrogen-bond donors (Lipinski definition) is 2. The second kappa shape index (κ2) is 9.50. The molecule has 1 aliphatic carbocycles. The molecule has 6 nitrogen and oxygen atoms in total. The molecule has 0 aliphatic heterocycles. The van der Waals surface area contributed by atoms with Crippen LogP contribution in [0.15, 0.2) is 30.5 Å². The van der Waals surface area contributed by atoms with Crippen molar-refractivity contribution in [3.63, 3.8) is 0 Å². The molecule has 0 radical (unpaired) electrons. The lowest BCUT2D eigenvalue weighted by Crippen LogP contribution is -2.30. The van der Waals surface area contributed by atoms with Crippen molar-refractivity contribution in [1.29, 1.82) is 0 Å². The summed E-state index contributed by atoms with van der Waals surface area (Å²) in [6, 6.07) is 7.70. The molecule has 2 N–H and O–H groups in total. The van der Waals surface area contributed by atoms with Gasteiger partial charge in [-0.1, -0.05) is 6.07 Å². The topological polar surface area (TPSA) is 68.3 Å². The molecule has 146 valence electrons. The molecule has 1 aliphatic rings. The van der Waals surface area contributed by atoms with Crippen molar-refractivity contribution in [2.75, 3.05) is 23.8 Å². The van der Waals surface area contributed by atoms with Crippen molar-refractivity contribution < 1.29 is 13.9 Å². The number of rotatable bonds is 8. The van der Waals surface area contributed by atoms with Gasteiger partial charge in [0.2, 0.25) is 5.95 Å². The quantitative estimate of drug-likeness (QED) is 0.708. The van der Waals surface area contributed by atoms with Crippen molar-refractivity contribution in [1.82, 2.24) is 9.97 Å². The van der Waals surface area contributed by atoms with E-state index in [2.05, 4.69) is 20.6 Å². The lowest BCUT2D eigenvalue weighted by molar-refractivity contribution is 0.0346. The fraction of sp³-hybridized carbons (Fsp3) is 0.500. The second-order valence-electron chi connectivity index (χ2n) is 6.55. The molecule has 1 heterocycles. The molecule has 0 spiro atoms. The minimum Gasteiger partial charge on any atom is -0.494 e. The Kier molecular flexibility index (Phi) is 6.81. The Bertz CT molecular complexity index is 736. The van der Waals surface area contributed by atoms with Crippen LogP contribution in [0, 0.1) is 5.82 Å². The van der Waals surface area contributed by atoms with Crippen molar-refractivity contribution in [3.8, 4) is 5.75 Å². The second-order valence-corrected chi connectivity index (χ2v) is 6.55. The van der Waals surface area contributed by atoms with Crippen LogP contribution < -0.4 is 15.4 Å².